The van der Waals surface area contributed by atoms with E-state index >= 15 is 0 Å². The molecule has 2 aromatic rings. The van der Waals surface area contributed by atoms with Crippen molar-refractivity contribution in [1.82, 2.24) is 4.48 Å². The molecule has 0 aliphatic rings. The second-order valence-corrected chi connectivity index (χ2v) is 4.89. The minimum atomic E-state index is -2.48. The molecule has 20 heavy (non-hydrogen) atoms. The topological polar surface area (TPSA) is 0 Å². The second kappa shape index (κ2) is 6.62. The summed E-state index contributed by atoms with van der Waals surface area (Å²) in [6.45, 7) is -0.0513. The molecule has 0 spiro atoms. The highest BCUT2D eigenvalue weighted by Gasteiger charge is 2.41. The summed E-state index contributed by atoms with van der Waals surface area (Å²) >= 11 is 0. The third-order valence-electron chi connectivity index (χ3n) is 3.63. The highest BCUT2D eigenvalue weighted by molar-refractivity contribution is 5.58. The average Bonchev–Trinajstić information content (AvgIpc) is 2.50. The lowest BCUT2D eigenvalue weighted by Gasteiger charge is -2.36. The molecule has 0 saturated carbocycles. The first-order chi connectivity index (χ1) is 9.71. The molecule has 106 valence electrons. The third kappa shape index (κ3) is 2.73. The highest BCUT2D eigenvalue weighted by atomic mass is 19.3. The van der Waals surface area contributed by atoms with Gasteiger partial charge < -0.3 is 0 Å². The van der Waals surface area contributed by atoms with Gasteiger partial charge in [0.25, 0.3) is 0 Å². The van der Waals surface area contributed by atoms with Crippen LogP contribution in [0.3, 0.4) is 0 Å². The number of hydrogen-bond donors (Lipinski definition) is 0. The smallest absolute Gasteiger partial charge is 0.201 e. The number of para-hydroxylation sites is 2. The Bertz CT molecular complexity index is 472. The minimum Gasteiger partial charge on any atom is -0.201 e. The molecule has 0 atom stereocenters. The van der Waals surface area contributed by atoms with Gasteiger partial charge in [0.05, 0.1) is 6.54 Å². The molecule has 0 bridgehead atoms. The van der Waals surface area contributed by atoms with Gasteiger partial charge in [0, 0.05) is 0 Å². The van der Waals surface area contributed by atoms with E-state index in [-0.39, 0.29) is 0 Å². The maximum absolute atomic E-state index is 14.0. The van der Waals surface area contributed by atoms with Crippen LogP contribution in [0.25, 0.3) is 0 Å². The molecule has 0 fully saturated rings. The lowest BCUT2D eigenvalue weighted by molar-refractivity contribution is 0.0147. The van der Waals surface area contributed by atoms with E-state index in [0.717, 1.165) is 12.8 Å². The number of unbranched alkanes of at least 4 members (excludes halogenated alkanes) is 1. The fraction of sp³-hybridized carbons (Fsp3) is 0.294. The van der Waals surface area contributed by atoms with Gasteiger partial charge >= 0.3 is 6.55 Å². The molecule has 0 unspecified atom stereocenters. The number of nitrogens with zero attached hydrogens (tertiary/aromatic N) is 1. The van der Waals surface area contributed by atoms with Crippen molar-refractivity contribution in [3.63, 3.8) is 0 Å². The van der Waals surface area contributed by atoms with Gasteiger partial charge in [0.2, 0.25) is 0 Å². The van der Waals surface area contributed by atoms with Crippen LogP contribution in [0.15, 0.2) is 60.7 Å². The van der Waals surface area contributed by atoms with Crippen molar-refractivity contribution in [3.8, 4) is 0 Å². The summed E-state index contributed by atoms with van der Waals surface area (Å²) < 4.78 is 27.6. The summed E-state index contributed by atoms with van der Waals surface area (Å²) in [5.41, 5.74) is 1.28. The number of halogens is 2. The normalized spacial score (nSPS) is 11.8. The Morgan fingerprint density at radius 1 is 0.850 bits per heavy atom. The molecule has 0 saturated heterocycles. The number of quaternary nitrogens is 1. The molecule has 0 N–H and O–H groups in total. The van der Waals surface area contributed by atoms with Gasteiger partial charge in [-0.05, 0) is 30.7 Å². The minimum absolute atomic E-state index is 0.393. The summed E-state index contributed by atoms with van der Waals surface area (Å²) in [4.78, 5) is 0. The number of hydrogen-bond acceptors (Lipinski definition) is 0. The second-order valence-electron chi connectivity index (χ2n) is 4.89. The number of alkyl halides is 2. The molecule has 0 aromatic heterocycles. The van der Waals surface area contributed by atoms with Gasteiger partial charge in [-0.15, -0.1) is 0 Å². The first kappa shape index (κ1) is 14.7. The maximum Gasteiger partial charge on any atom is 0.390 e. The lowest BCUT2D eigenvalue weighted by atomic mass is 10.1. The van der Waals surface area contributed by atoms with E-state index in [1.54, 1.807) is 24.3 Å². The van der Waals surface area contributed by atoms with Gasteiger partial charge in [-0.25, -0.2) is 4.48 Å². The van der Waals surface area contributed by atoms with Gasteiger partial charge in [0.15, 0.2) is 0 Å². The van der Waals surface area contributed by atoms with Crippen LogP contribution in [-0.4, -0.2) is 13.1 Å². The standard InChI is InChI=1S/C17H20F2N/c1-2-3-14-20(17(18)19,15-10-6-4-7-11-15)16-12-8-5-9-13-16/h4-13,17H,2-3,14H2,1H3/q+1. The van der Waals surface area contributed by atoms with E-state index in [1.807, 2.05) is 43.3 Å². The Morgan fingerprint density at radius 3 is 1.65 bits per heavy atom. The molecule has 3 heteroatoms. The van der Waals surface area contributed by atoms with Crippen LogP contribution in [-0.2, 0) is 0 Å². The fourth-order valence-corrected chi connectivity index (χ4v) is 2.53. The van der Waals surface area contributed by atoms with Crippen LogP contribution in [0.1, 0.15) is 19.8 Å². The van der Waals surface area contributed by atoms with Crippen molar-refractivity contribution >= 4 is 11.4 Å². The first-order valence-electron chi connectivity index (χ1n) is 6.99. The Morgan fingerprint density at radius 2 is 1.30 bits per heavy atom. The van der Waals surface area contributed by atoms with Gasteiger partial charge in [-0.1, -0.05) is 49.7 Å². The molecule has 0 heterocycles. The van der Waals surface area contributed by atoms with Crippen molar-refractivity contribution in [2.24, 2.45) is 0 Å². The fourth-order valence-electron chi connectivity index (χ4n) is 2.53. The molecule has 0 amide bonds. The summed E-state index contributed by atoms with van der Waals surface area (Å²) in [6.07, 6.45) is 1.65. The Balaban J connectivity index is 2.57. The maximum atomic E-state index is 14.0. The largest absolute Gasteiger partial charge is 0.390 e. The highest BCUT2D eigenvalue weighted by Crippen LogP contribution is 2.38. The van der Waals surface area contributed by atoms with Crippen LogP contribution < -0.4 is 4.48 Å². The Hall–Kier alpha value is -1.74. The van der Waals surface area contributed by atoms with E-state index in [4.69, 9.17) is 0 Å². The SMILES string of the molecule is CCCC[N+](c1ccccc1)(c1ccccc1)C(F)F. The molecular formula is C17H20F2N+. The summed E-state index contributed by atoms with van der Waals surface area (Å²) in [6, 6.07) is 18.1. The van der Waals surface area contributed by atoms with Crippen LogP contribution in [0.2, 0.25) is 0 Å². The van der Waals surface area contributed by atoms with Crippen LogP contribution in [0, 0.1) is 0 Å². The predicted molar refractivity (Wildman–Crippen MR) is 80.1 cm³/mol. The molecule has 0 radical (unpaired) electrons. The van der Waals surface area contributed by atoms with Crippen molar-refractivity contribution in [1.29, 1.82) is 0 Å². The van der Waals surface area contributed by atoms with E-state index in [0.29, 0.717) is 17.9 Å². The van der Waals surface area contributed by atoms with Crippen molar-refractivity contribution in [2.75, 3.05) is 6.54 Å². The number of rotatable bonds is 6. The van der Waals surface area contributed by atoms with E-state index in [9.17, 15) is 8.78 Å². The first-order valence-corrected chi connectivity index (χ1v) is 6.99. The molecule has 2 aromatic carbocycles. The van der Waals surface area contributed by atoms with Gasteiger partial charge in [0.1, 0.15) is 11.4 Å². The van der Waals surface area contributed by atoms with Crippen molar-refractivity contribution < 1.29 is 8.78 Å². The zero-order valence-corrected chi connectivity index (χ0v) is 11.7. The molecule has 0 aliphatic carbocycles. The van der Waals surface area contributed by atoms with Crippen LogP contribution in [0.5, 0.6) is 0 Å². The Kier molecular flexibility index (Phi) is 4.85. The van der Waals surface area contributed by atoms with Crippen LogP contribution in [0.4, 0.5) is 20.2 Å². The zero-order chi connectivity index (χ0) is 14.4. The van der Waals surface area contributed by atoms with Crippen molar-refractivity contribution in [3.05, 3.63) is 60.7 Å². The third-order valence-corrected chi connectivity index (χ3v) is 3.63. The van der Waals surface area contributed by atoms with Crippen molar-refractivity contribution in [2.45, 2.75) is 26.3 Å². The molecule has 0 aliphatic heterocycles. The molecule has 2 rings (SSSR count). The van der Waals surface area contributed by atoms with E-state index < -0.39 is 11.0 Å². The Labute approximate surface area is 119 Å². The van der Waals surface area contributed by atoms with E-state index in [1.165, 1.54) is 0 Å². The monoisotopic (exact) mass is 276 g/mol. The van der Waals surface area contributed by atoms with E-state index in [2.05, 4.69) is 0 Å². The molecule has 1 nitrogen and oxygen atoms in total. The van der Waals surface area contributed by atoms with Gasteiger partial charge in [-0.3, -0.25) is 0 Å². The quantitative estimate of drug-likeness (QED) is 0.493. The predicted octanol–water partition coefficient (Wildman–Crippen LogP) is 5.35. The number of benzene rings is 2. The molecular weight excluding hydrogens is 256 g/mol. The summed E-state index contributed by atoms with van der Waals surface area (Å²) in [5.74, 6) is 0. The zero-order valence-electron chi connectivity index (χ0n) is 11.7. The summed E-state index contributed by atoms with van der Waals surface area (Å²) in [7, 11) is 0. The van der Waals surface area contributed by atoms with Crippen LogP contribution >= 0.6 is 0 Å². The lowest BCUT2D eigenvalue weighted by Crippen LogP contribution is -2.49. The average molecular weight is 276 g/mol. The summed E-state index contributed by atoms with van der Waals surface area (Å²) in [5, 5.41) is 0. The van der Waals surface area contributed by atoms with Gasteiger partial charge in [-0.2, -0.15) is 8.78 Å².